The van der Waals surface area contributed by atoms with Gasteiger partial charge in [0, 0.05) is 17.5 Å². The maximum atomic E-state index is 12.1. The van der Waals surface area contributed by atoms with E-state index < -0.39 is 0 Å². The first-order valence-corrected chi connectivity index (χ1v) is 6.18. The van der Waals surface area contributed by atoms with E-state index in [4.69, 9.17) is 5.73 Å². The molecule has 0 unspecified atom stereocenters. The molecule has 6 heteroatoms. The van der Waals surface area contributed by atoms with Gasteiger partial charge in [-0.2, -0.15) is 5.10 Å². The number of para-hydroxylation sites is 1. The van der Waals surface area contributed by atoms with Gasteiger partial charge in [-0.05, 0) is 25.3 Å². The van der Waals surface area contributed by atoms with Crippen molar-refractivity contribution in [2.75, 3.05) is 6.54 Å². The first kappa shape index (κ1) is 13.8. The standard InChI is InChI=1S/C13H16N4O.ClH/c14-13(6-3-7-13)8-15-12(18)11-9-4-1-2-5-10(9)16-17-11;/h1-2,4-5H,3,6-8,14H2,(H,15,18)(H,16,17);1H. The van der Waals surface area contributed by atoms with Crippen LogP contribution in [0.15, 0.2) is 24.3 Å². The molecule has 0 atom stereocenters. The number of nitrogens with zero attached hydrogens (tertiary/aromatic N) is 1. The molecular weight excluding hydrogens is 264 g/mol. The van der Waals surface area contributed by atoms with Crippen molar-refractivity contribution in [1.29, 1.82) is 0 Å². The Morgan fingerprint density at radius 2 is 2.16 bits per heavy atom. The fraction of sp³-hybridized carbons (Fsp3) is 0.385. The highest BCUT2D eigenvalue weighted by Gasteiger charge is 2.33. The summed E-state index contributed by atoms with van der Waals surface area (Å²) in [5.41, 5.74) is 7.18. The van der Waals surface area contributed by atoms with Gasteiger partial charge >= 0.3 is 0 Å². The summed E-state index contributed by atoms with van der Waals surface area (Å²) in [6.07, 6.45) is 3.11. The average Bonchev–Trinajstić information content (AvgIpc) is 2.77. The van der Waals surface area contributed by atoms with Gasteiger partial charge in [-0.1, -0.05) is 18.2 Å². The van der Waals surface area contributed by atoms with Gasteiger partial charge in [0.2, 0.25) is 0 Å². The average molecular weight is 281 g/mol. The van der Waals surface area contributed by atoms with Crippen LogP contribution in [-0.4, -0.2) is 28.2 Å². The minimum absolute atomic E-state index is 0. The number of halogens is 1. The molecule has 5 nitrogen and oxygen atoms in total. The third-order valence-electron chi connectivity index (χ3n) is 3.64. The second-order valence-corrected chi connectivity index (χ2v) is 5.02. The fourth-order valence-corrected chi connectivity index (χ4v) is 2.28. The van der Waals surface area contributed by atoms with Crippen molar-refractivity contribution >= 4 is 29.2 Å². The maximum Gasteiger partial charge on any atom is 0.272 e. The molecule has 1 aliphatic rings. The highest BCUT2D eigenvalue weighted by molar-refractivity contribution is 6.04. The summed E-state index contributed by atoms with van der Waals surface area (Å²) in [7, 11) is 0. The molecule has 1 aromatic carbocycles. The van der Waals surface area contributed by atoms with Gasteiger partial charge in [0.1, 0.15) is 0 Å². The molecule has 19 heavy (non-hydrogen) atoms. The number of carbonyl (C=O) groups excluding carboxylic acids is 1. The van der Waals surface area contributed by atoms with Crippen molar-refractivity contribution in [2.45, 2.75) is 24.8 Å². The summed E-state index contributed by atoms with van der Waals surface area (Å²) < 4.78 is 0. The smallest absolute Gasteiger partial charge is 0.272 e. The fourth-order valence-electron chi connectivity index (χ4n) is 2.28. The Morgan fingerprint density at radius 1 is 1.42 bits per heavy atom. The van der Waals surface area contributed by atoms with Crippen LogP contribution in [0.1, 0.15) is 29.8 Å². The van der Waals surface area contributed by atoms with Crippen LogP contribution in [0.4, 0.5) is 0 Å². The van der Waals surface area contributed by atoms with Crippen LogP contribution < -0.4 is 11.1 Å². The van der Waals surface area contributed by atoms with Gasteiger partial charge in [-0.25, -0.2) is 0 Å². The Labute approximate surface area is 117 Å². The summed E-state index contributed by atoms with van der Waals surface area (Å²) in [5.74, 6) is -0.163. The molecule has 4 N–H and O–H groups in total. The van der Waals surface area contributed by atoms with Gasteiger partial charge in [0.25, 0.3) is 5.91 Å². The molecule has 0 radical (unpaired) electrons. The molecule has 0 bridgehead atoms. The van der Waals surface area contributed by atoms with Crippen LogP contribution in [0.5, 0.6) is 0 Å². The Morgan fingerprint density at radius 3 is 2.84 bits per heavy atom. The van der Waals surface area contributed by atoms with Crippen molar-refractivity contribution in [3.05, 3.63) is 30.0 Å². The molecule has 102 valence electrons. The van der Waals surface area contributed by atoms with Crippen LogP contribution >= 0.6 is 12.4 Å². The number of hydrogen-bond acceptors (Lipinski definition) is 3. The van der Waals surface area contributed by atoms with Gasteiger partial charge in [0.05, 0.1) is 5.52 Å². The summed E-state index contributed by atoms with van der Waals surface area (Å²) in [4.78, 5) is 12.1. The third-order valence-corrected chi connectivity index (χ3v) is 3.64. The number of aromatic nitrogens is 2. The molecule has 1 saturated carbocycles. The lowest BCUT2D eigenvalue weighted by Crippen LogP contribution is -2.54. The molecule has 1 heterocycles. The van der Waals surface area contributed by atoms with E-state index >= 15 is 0 Å². The molecule has 1 fully saturated rings. The summed E-state index contributed by atoms with van der Waals surface area (Å²) >= 11 is 0. The molecular formula is C13H17ClN4O. The SMILES string of the molecule is Cl.NC1(CNC(=O)c2n[nH]c3ccccc23)CCC1. The van der Waals surface area contributed by atoms with Gasteiger partial charge < -0.3 is 11.1 Å². The van der Waals surface area contributed by atoms with Crippen LogP contribution in [-0.2, 0) is 0 Å². The molecule has 2 aromatic rings. The van der Waals surface area contributed by atoms with E-state index in [1.165, 1.54) is 0 Å². The predicted octanol–water partition coefficient (Wildman–Crippen LogP) is 1.60. The molecule has 1 aliphatic carbocycles. The van der Waals surface area contributed by atoms with Crippen LogP contribution in [0.2, 0.25) is 0 Å². The Kier molecular flexibility index (Phi) is 3.78. The Hall–Kier alpha value is -1.59. The van der Waals surface area contributed by atoms with E-state index in [0.29, 0.717) is 12.2 Å². The molecule has 3 rings (SSSR count). The van der Waals surface area contributed by atoms with Crippen molar-refractivity contribution in [2.24, 2.45) is 5.73 Å². The second-order valence-electron chi connectivity index (χ2n) is 5.02. The number of nitrogens with two attached hydrogens (primary N) is 1. The summed E-state index contributed by atoms with van der Waals surface area (Å²) in [6.45, 7) is 0.521. The van der Waals surface area contributed by atoms with Gasteiger partial charge in [-0.3, -0.25) is 9.89 Å². The van der Waals surface area contributed by atoms with E-state index in [9.17, 15) is 4.79 Å². The lowest BCUT2D eigenvalue weighted by atomic mass is 9.78. The minimum Gasteiger partial charge on any atom is -0.349 e. The number of amides is 1. The quantitative estimate of drug-likeness (QED) is 0.798. The molecule has 0 aliphatic heterocycles. The van der Waals surface area contributed by atoms with Crippen LogP contribution in [0, 0.1) is 0 Å². The van der Waals surface area contributed by atoms with E-state index in [-0.39, 0.29) is 23.9 Å². The number of benzene rings is 1. The number of fused-ring (bicyclic) bond motifs is 1. The highest BCUT2D eigenvalue weighted by atomic mass is 35.5. The van der Waals surface area contributed by atoms with E-state index in [0.717, 1.165) is 30.2 Å². The second kappa shape index (κ2) is 5.19. The highest BCUT2D eigenvalue weighted by Crippen LogP contribution is 2.28. The number of aromatic amines is 1. The van der Waals surface area contributed by atoms with Gasteiger partial charge in [0.15, 0.2) is 5.69 Å². The van der Waals surface area contributed by atoms with Crippen LogP contribution in [0.3, 0.4) is 0 Å². The lowest BCUT2D eigenvalue weighted by Gasteiger charge is -2.37. The zero-order valence-electron chi connectivity index (χ0n) is 10.5. The zero-order valence-corrected chi connectivity index (χ0v) is 11.3. The van der Waals surface area contributed by atoms with Crippen molar-refractivity contribution in [3.63, 3.8) is 0 Å². The first-order valence-electron chi connectivity index (χ1n) is 6.18. The monoisotopic (exact) mass is 280 g/mol. The number of H-pyrrole nitrogens is 1. The normalized spacial score (nSPS) is 16.5. The third kappa shape index (κ3) is 2.57. The van der Waals surface area contributed by atoms with Crippen LogP contribution in [0.25, 0.3) is 10.9 Å². The summed E-state index contributed by atoms with van der Waals surface area (Å²) in [5, 5.41) is 10.6. The molecule has 1 aromatic heterocycles. The number of carbonyl (C=O) groups is 1. The van der Waals surface area contributed by atoms with E-state index in [1.54, 1.807) is 0 Å². The predicted molar refractivity (Wildman–Crippen MR) is 76.4 cm³/mol. The lowest BCUT2D eigenvalue weighted by molar-refractivity contribution is 0.0926. The van der Waals surface area contributed by atoms with E-state index in [1.807, 2.05) is 24.3 Å². The summed E-state index contributed by atoms with van der Waals surface area (Å²) in [6, 6.07) is 7.58. The zero-order chi connectivity index (χ0) is 12.6. The number of nitrogens with one attached hydrogen (secondary N) is 2. The molecule has 1 amide bonds. The number of hydrogen-bond donors (Lipinski definition) is 3. The van der Waals surface area contributed by atoms with Crippen molar-refractivity contribution < 1.29 is 4.79 Å². The Bertz CT molecular complexity index is 591. The largest absolute Gasteiger partial charge is 0.349 e. The Balaban J connectivity index is 0.00000133. The minimum atomic E-state index is -0.207. The first-order chi connectivity index (χ1) is 8.68. The van der Waals surface area contributed by atoms with Crippen molar-refractivity contribution in [1.82, 2.24) is 15.5 Å². The van der Waals surface area contributed by atoms with E-state index in [2.05, 4.69) is 15.5 Å². The topological polar surface area (TPSA) is 83.8 Å². The molecule has 0 spiro atoms. The maximum absolute atomic E-state index is 12.1. The number of rotatable bonds is 3. The molecule has 0 saturated heterocycles. The van der Waals surface area contributed by atoms with Gasteiger partial charge in [-0.15, -0.1) is 12.4 Å². The van der Waals surface area contributed by atoms with Crippen molar-refractivity contribution in [3.8, 4) is 0 Å².